The van der Waals surface area contributed by atoms with Crippen LogP contribution < -0.4 is 5.32 Å². The number of hydrogen-bond acceptors (Lipinski definition) is 2. The Morgan fingerprint density at radius 2 is 2.04 bits per heavy atom. The lowest BCUT2D eigenvalue weighted by atomic mass is 10.0. The molecule has 0 aliphatic rings. The van der Waals surface area contributed by atoms with Crippen LogP contribution in [0.2, 0.25) is 0 Å². The molecule has 0 saturated carbocycles. The molecular formula is C18H19FN4O. The van der Waals surface area contributed by atoms with Crippen molar-refractivity contribution in [3.63, 3.8) is 0 Å². The summed E-state index contributed by atoms with van der Waals surface area (Å²) in [5.41, 5.74) is 4.16. The summed E-state index contributed by atoms with van der Waals surface area (Å²) in [4.78, 5) is 12.3. The molecule has 1 aromatic carbocycles. The van der Waals surface area contributed by atoms with Gasteiger partial charge in [-0.1, -0.05) is 0 Å². The molecule has 0 radical (unpaired) electrons. The minimum Gasteiger partial charge on any atom is -0.353 e. The fraction of sp³-hybridized carbons (Fsp3) is 0.222. The van der Waals surface area contributed by atoms with Gasteiger partial charge in [0, 0.05) is 35.8 Å². The van der Waals surface area contributed by atoms with Crippen molar-refractivity contribution >= 4 is 5.91 Å². The van der Waals surface area contributed by atoms with Crippen molar-refractivity contribution in [2.45, 2.75) is 19.9 Å². The first-order valence-electron chi connectivity index (χ1n) is 7.71. The highest BCUT2D eigenvalue weighted by atomic mass is 19.1. The van der Waals surface area contributed by atoms with Crippen molar-refractivity contribution in [3.8, 4) is 11.3 Å². The van der Waals surface area contributed by atoms with Gasteiger partial charge in [0.2, 0.25) is 5.91 Å². The molecule has 6 heteroatoms. The Hall–Kier alpha value is -2.89. The van der Waals surface area contributed by atoms with Gasteiger partial charge in [-0.05, 0) is 43.3 Å². The van der Waals surface area contributed by atoms with Gasteiger partial charge in [-0.25, -0.2) is 4.39 Å². The molecule has 24 heavy (non-hydrogen) atoms. The molecule has 0 aliphatic heterocycles. The largest absolute Gasteiger partial charge is 0.353 e. The Morgan fingerprint density at radius 1 is 1.29 bits per heavy atom. The second-order valence-electron chi connectivity index (χ2n) is 5.75. The van der Waals surface area contributed by atoms with Crippen LogP contribution in [0, 0.1) is 12.7 Å². The average Bonchev–Trinajstić information content (AvgIpc) is 3.13. The second-order valence-corrected chi connectivity index (χ2v) is 5.75. The van der Waals surface area contributed by atoms with Crippen molar-refractivity contribution in [2.24, 2.45) is 7.05 Å². The van der Waals surface area contributed by atoms with E-state index in [1.54, 1.807) is 12.1 Å². The van der Waals surface area contributed by atoms with E-state index >= 15 is 0 Å². The maximum absolute atomic E-state index is 13.1. The summed E-state index contributed by atoms with van der Waals surface area (Å²) < 4.78 is 15.1. The normalized spacial score (nSPS) is 10.8. The van der Waals surface area contributed by atoms with E-state index in [2.05, 4.69) is 15.5 Å². The van der Waals surface area contributed by atoms with Crippen LogP contribution >= 0.6 is 0 Å². The van der Waals surface area contributed by atoms with Crippen LogP contribution in [0.1, 0.15) is 17.0 Å². The summed E-state index contributed by atoms with van der Waals surface area (Å²) in [6.07, 6.45) is 2.16. The molecule has 2 heterocycles. The van der Waals surface area contributed by atoms with E-state index in [1.165, 1.54) is 12.1 Å². The number of carbonyl (C=O) groups excluding carboxylic acids is 1. The maximum Gasteiger partial charge on any atom is 0.224 e. The Labute approximate surface area is 139 Å². The van der Waals surface area contributed by atoms with Gasteiger partial charge in [0.05, 0.1) is 18.7 Å². The third kappa shape index (κ3) is 3.37. The number of hydrogen-bond donors (Lipinski definition) is 2. The quantitative estimate of drug-likeness (QED) is 0.757. The van der Waals surface area contributed by atoms with E-state index < -0.39 is 0 Å². The summed E-state index contributed by atoms with van der Waals surface area (Å²) >= 11 is 0. The fourth-order valence-corrected chi connectivity index (χ4v) is 2.61. The Kier molecular flexibility index (Phi) is 4.46. The van der Waals surface area contributed by atoms with E-state index in [0.29, 0.717) is 12.2 Å². The molecular weight excluding hydrogens is 307 g/mol. The van der Waals surface area contributed by atoms with Crippen molar-refractivity contribution < 1.29 is 9.18 Å². The van der Waals surface area contributed by atoms with Crippen LogP contribution in [-0.2, 0) is 24.8 Å². The van der Waals surface area contributed by atoms with Crippen LogP contribution in [0.4, 0.5) is 4.39 Å². The van der Waals surface area contributed by atoms with Crippen LogP contribution in [-0.4, -0.2) is 20.7 Å². The minimum atomic E-state index is -0.298. The number of aromatic amines is 1. The molecule has 1 amide bonds. The molecule has 0 saturated heterocycles. The standard InChI is InChI=1S/C18H19FN4O/c1-12-16(10-17(24)20-11-15-4-3-9-23(15)2)18(22-21-12)13-5-7-14(19)8-6-13/h3-9H,10-11H2,1-2H3,(H,20,24)(H,21,22). The Balaban J connectivity index is 1.73. The molecule has 3 aromatic rings. The highest BCUT2D eigenvalue weighted by molar-refractivity contribution is 5.81. The molecule has 3 rings (SSSR count). The van der Waals surface area contributed by atoms with Gasteiger partial charge in [0.15, 0.2) is 0 Å². The van der Waals surface area contributed by atoms with Gasteiger partial charge in [-0.15, -0.1) is 0 Å². The number of aryl methyl sites for hydroxylation is 2. The summed E-state index contributed by atoms with van der Waals surface area (Å²) in [5.74, 6) is -0.378. The maximum atomic E-state index is 13.1. The summed E-state index contributed by atoms with van der Waals surface area (Å²) in [5, 5.41) is 10.1. The highest BCUT2D eigenvalue weighted by Crippen LogP contribution is 2.24. The van der Waals surface area contributed by atoms with Crippen molar-refractivity contribution in [1.29, 1.82) is 0 Å². The van der Waals surface area contributed by atoms with E-state index in [-0.39, 0.29) is 18.1 Å². The number of benzene rings is 1. The van der Waals surface area contributed by atoms with Crippen LogP contribution in [0.25, 0.3) is 11.3 Å². The minimum absolute atomic E-state index is 0.0796. The molecule has 0 unspecified atom stereocenters. The first kappa shape index (κ1) is 16.0. The van der Waals surface area contributed by atoms with Gasteiger partial charge in [-0.3, -0.25) is 9.89 Å². The van der Waals surface area contributed by atoms with Crippen LogP contribution in [0.3, 0.4) is 0 Å². The molecule has 5 nitrogen and oxygen atoms in total. The van der Waals surface area contributed by atoms with Crippen LogP contribution in [0.5, 0.6) is 0 Å². The van der Waals surface area contributed by atoms with Crippen molar-refractivity contribution in [2.75, 3.05) is 0 Å². The number of aromatic nitrogens is 3. The zero-order valence-electron chi connectivity index (χ0n) is 13.6. The summed E-state index contributed by atoms with van der Waals surface area (Å²) in [6.45, 7) is 2.35. The first-order chi connectivity index (χ1) is 11.5. The molecule has 0 spiro atoms. The number of H-pyrrole nitrogens is 1. The lowest BCUT2D eigenvalue weighted by Crippen LogP contribution is -2.25. The molecule has 124 valence electrons. The topological polar surface area (TPSA) is 62.7 Å². The predicted octanol–water partition coefficient (Wildman–Crippen LogP) is 2.72. The zero-order chi connectivity index (χ0) is 17.1. The van der Waals surface area contributed by atoms with Gasteiger partial charge in [0.25, 0.3) is 0 Å². The van der Waals surface area contributed by atoms with E-state index in [9.17, 15) is 9.18 Å². The molecule has 0 bridgehead atoms. The fourth-order valence-electron chi connectivity index (χ4n) is 2.61. The molecule has 0 atom stereocenters. The molecule has 2 aromatic heterocycles. The molecule has 2 N–H and O–H groups in total. The van der Waals surface area contributed by atoms with Crippen LogP contribution in [0.15, 0.2) is 42.6 Å². The average molecular weight is 326 g/mol. The smallest absolute Gasteiger partial charge is 0.224 e. The van der Waals surface area contributed by atoms with Crippen molar-refractivity contribution in [1.82, 2.24) is 20.1 Å². The number of rotatable bonds is 5. The summed E-state index contributed by atoms with van der Waals surface area (Å²) in [7, 11) is 1.94. The first-order valence-corrected chi connectivity index (χ1v) is 7.71. The number of halogens is 1. The Bertz CT molecular complexity index is 848. The lowest BCUT2D eigenvalue weighted by Gasteiger charge is -2.08. The monoisotopic (exact) mass is 326 g/mol. The second kappa shape index (κ2) is 6.70. The van der Waals surface area contributed by atoms with Gasteiger partial charge in [-0.2, -0.15) is 5.10 Å². The summed E-state index contributed by atoms with van der Waals surface area (Å²) in [6, 6.07) is 10.0. The van der Waals surface area contributed by atoms with Gasteiger partial charge < -0.3 is 9.88 Å². The number of nitrogens with zero attached hydrogens (tertiary/aromatic N) is 2. The van der Waals surface area contributed by atoms with Gasteiger partial charge in [0.1, 0.15) is 5.82 Å². The van der Waals surface area contributed by atoms with E-state index in [0.717, 1.165) is 22.5 Å². The third-order valence-corrected chi connectivity index (χ3v) is 4.05. The predicted molar refractivity (Wildman–Crippen MR) is 89.7 cm³/mol. The van der Waals surface area contributed by atoms with Gasteiger partial charge >= 0.3 is 0 Å². The number of nitrogens with one attached hydrogen (secondary N) is 2. The van der Waals surface area contributed by atoms with E-state index in [1.807, 2.05) is 36.9 Å². The number of amides is 1. The van der Waals surface area contributed by atoms with Crippen molar-refractivity contribution in [3.05, 3.63) is 65.4 Å². The lowest BCUT2D eigenvalue weighted by molar-refractivity contribution is -0.120. The molecule has 0 fully saturated rings. The molecule has 0 aliphatic carbocycles. The SMILES string of the molecule is Cc1[nH]nc(-c2ccc(F)cc2)c1CC(=O)NCc1cccn1C. The number of carbonyl (C=O) groups is 1. The third-order valence-electron chi connectivity index (χ3n) is 4.05. The highest BCUT2D eigenvalue weighted by Gasteiger charge is 2.16. The Morgan fingerprint density at radius 3 is 2.71 bits per heavy atom. The van der Waals surface area contributed by atoms with E-state index in [4.69, 9.17) is 0 Å². The zero-order valence-corrected chi connectivity index (χ0v) is 13.6.